The Labute approximate surface area is 177 Å². The van der Waals surface area contributed by atoms with Gasteiger partial charge in [0.05, 0.1) is 23.4 Å². The Kier molecular flexibility index (Phi) is 5.41. The molecule has 0 radical (unpaired) electrons. The highest BCUT2D eigenvalue weighted by Crippen LogP contribution is 2.27. The number of amides is 3. The fourth-order valence-electron chi connectivity index (χ4n) is 3.47. The number of rotatable bonds is 6. The Bertz CT molecular complexity index is 1080. The number of aromatic nitrogens is 2. The summed E-state index contributed by atoms with van der Waals surface area (Å²) in [6.07, 6.45) is 3.43. The number of nitrogens with one attached hydrogen (secondary N) is 1. The number of pyridine rings is 1. The first-order chi connectivity index (χ1) is 14.5. The zero-order valence-electron chi connectivity index (χ0n) is 16.5. The van der Waals surface area contributed by atoms with Gasteiger partial charge in [-0.25, -0.2) is 4.98 Å². The van der Waals surface area contributed by atoms with E-state index in [0.717, 1.165) is 15.5 Å². The molecule has 0 saturated carbocycles. The summed E-state index contributed by atoms with van der Waals surface area (Å²) in [5.41, 5.74) is 2.28. The average Bonchev–Trinajstić information content (AvgIpc) is 3.32. The summed E-state index contributed by atoms with van der Waals surface area (Å²) in [4.78, 5) is 48.3. The highest BCUT2D eigenvalue weighted by Gasteiger charge is 2.43. The fourth-order valence-corrected chi connectivity index (χ4v) is 4.28. The van der Waals surface area contributed by atoms with Gasteiger partial charge in [-0.15, -0.1) is 11.3 Å². The average molecular weight is 420 g/mol. The standard InChI is InChI=1S/C22H20N4O3S/c1-13(2)18(26-21(28)16-7-3-4-8-17(16)22(26)29)19(27)24-11-15-12-30-20(25-15)14-6-5-9-23-10-14/h3-10,12-13,18H,11H2,1-2H3,(H,24,27). The van der Waals surface area contributed by atoms with Crippen LogP contribution >= 0.6 is 11.3 Å². The van der Waals surface area contributed by atoms with Crippen LogP contribution in [0.4, 0.5) is 0 Å². The van der Waals surface area contributed by atoms with Crippen molar-refractivity contribution >= 4 is 29.1 Å². The van der Waals surface area contributed by atoms with Crippen molar-refractivity contribution in [1.29, 1.82) is 0 Å². The highest BCUT2D eigenvalue weighted by molar-refractivity contribution is 7.13. The molecule has 1 N–H and O–H groups in total. The maximum Gasteiger partial charge on any atom is 0.262 e. The van der Waals surface area contributed by atoms with Crippen molar-refractivity contribution in [3.63, 3.8) is 0 Å². The molecule has 1 aromatic carbocycles. The molecular weight excluding hydrogens is 400 g/mol. The van der Waals surface area contributed by atoms with Crippen LogP contribution in [0.1, 0.15) is 40.3 Å². The summed E-state index contributed by atoms with van der Waals surface area (Å²) >= 11 is 1.47. The molecule has 152 valence electrons. The minimum atomic E-state index is -0.895. The van der Waals surface area contributed by atoms with Crippen molar-refractivity contribution in [3.8, 4) is 10.6 Å². The molecule has 1 aliphatic heterocycles. The quantitative estimate of drug-likeness (QED) is 0.619. The largest absolute Gasteiger partial charge is 0.349 e. The van der Waals surface area contributed by atoms with Gasteiger partial charge in [-0.2, -0.15) is 0 Å². The van der Waals surface area contributed by atoms with E-state index < -0.39 is 17.9 Å². The number of hydrogen-bond donors (Lipinski definition) is 1. The molecule has 0 spiro atoms. The lowest BCUT2D eigenvalue weighted by atomic mass is 10.0. The molecule has 3 heterocycles. The summed E-state index contributed by atoms with van der Waals surface area (Å²) < 4.78 is 0. The zero-order valence-corrected chi connectivity index (χ0v) is 17.3. The minimum absolute atomic E-state index is 0.210. The van der Waals surface area contributed by atoms with Crippen LogP contribution in [0.15, 0.2) is 54.2 Å². The Morgan fingerprint density at radius 2 is 1.80 bits per heavy atom. The van der Waals surface area contributed by atoms with Gasteiger partial charge in [0, 0.05) is 23.3 Å². The lowest BCUT2D eigenvalue weighted by molar-refractivity contribution is -0.126. The van der Waals surface area contributed by atoms with Crippen LogP contribution in [-0.4, -0.2) is 38.6 Å². The number of thiazole rings is 1. The van der Waals surface area contributed by atoms with Crippen molar-refractivity contribution in [1.82, 2.24) is 20.2 Å². The van der Waals surface area contributed by atoms with Crippen molar-refractivity contribution in [2.45, 2.75) is 26.4 Å². The van der Waals surface area contributed by atoms with Gasteiger partial charge in [-0.1, -0.05) is 26.0 Å². The Hall–Kier alpha value is -3.39. The smallest absolute Gasteiger partial charge is 0.262 e. The number of fused-ring (bicyclic) bond motifs is 1. The number of imide groups is 1. The van der Waals surface area contributed by atoms with E-state index in [9.17, 15) is 14.4 Å². The fraction of sp³-hybridized carbons (Fsp3) is 0.227. The third-order valence-corrected chi connectivity index (χ3v) is 5.85. The SMILES string of the molecule is CC(C)C(C(=O)NCc1csc(-c2cccnc2)n1)N1C(=O)c2ccccc2C1=O. The lowest BCUT2D eigenvalue weighted by Crippen LogP contribution is -2.52. The first kappa shape index (κ1) is 19.9. The molecule has 3 aromatic rings. The topological polar surface area (TPSA) is 92.3 Å². The molecule has 1 atom stereocenters. The molecule has 7 nitrogen and oxygen atoms in total. The molecule has 0 fully saturated rings. The van der Waals surface area contributed by atoms with Crippen LogP contribution in [0, 0.1) is 5.92 Å². The Morgan fingerprint density at radius 1 is 1.10 bits per heavy atom. The van der Waals surface area contributed by atoms with Gasteiger partial charge in [0.25, 0.3) is 11.8 Å². The molecule has 4 rings (SSSR count). The second-order valence-electron chi connectivity index (χ2n) is 7.32. The molecule has 2 aromatic heterocycles. The maximum atomic E-state index is 13.0. The predicted molar refractivity (Wildman–Crippen MR) is 113 cm³/mol. The summed E-state index contributed by atoms with van der Waals surface area (Å²) in [5.74, 6) is -1.49. The van der Waals surface area contributed by atoms with Crippen molar-refractivity contribution in [2.24, 2.45) is 5.92 Å². The van der Waals surface area contributed by atoms with Crippen LogP contribution in [0.2, 0.25) is 0 Å². The predicted octanol–water partition coefficient (Wildman–Crippen LogP) is 3.14. The van der Waals surface area contributed by atoms with Gasteiger partial charge in [-0.05, 0) is 30.2 Å². The molecule has 0 aliphatic carbocycles. The normalized spacial score (nSPS) is 14.2. The number of carbonyl (C=O) groups excluding carboxylic acids is 3. The monoisotopic (exact) mass is 420 g/mol. The van der Waals surface area contributed by atoms with E-state index in [1.54, 1.807) is 36.7 Å². The van der Waals surface area contributed by atoms with Gasteiger partial charge in [0.2, 0.25) is 5.91 Å². The van der Waals surface area contributed by atoms with Gasteiger partial charge >= 0.3 is 0 Å². The Balaban J connectivity index is 1.49. The van der Waals surface area contributed by atoms with E-state index in [2.05, 4.69) is 15.3 Å². The first-order valence-corrected chi connectivity index (χ1v) is 10.4. The van der Waals surface area contributed by atoms with Crippen molar-refractivity contribution < 1.29 is 14.4 Å². The van der Waals surface area contributed by atoms with E-state index in [1.807, 2.05) is 31.4 Å². The van der Waals surface area contributed by atoms with E-state index in [-0.39, 0.29) is 18.4 Å². The van der Waals surface area contributed by atoms with Crippen LogP contribution in [0.3, 0.4) is 0 Å². The summed E-state index contributed by atoms with van der Waals surface area (Å²) in [6, 6.07) is 9.51. The second kappa shape index (κ2) is 8.16. The molecule has 0 saturated heterocycles. The highest BCUT2D eigenvalue weighted by atomic mass is 32.1. The molecule has 3 amide bonds. The van der Waals surface area contributed by atoms with Gasteiger partial charge in [0.1, 0.15) is 11.0 Å². The number of hydrogen-bond acceptors (Lipinski definition) is 6. The van der Waals surface area contributed by atoms with Crippen molar-refractivity contribution in [3.05, 3.63) is 71.0 Å². The second-order valence-corrected chi connectivity index (χ2v) is 8.18. The number of carbonyl (C=O) groups is 3. The molecule has 30 heavy (non-hydrogen) atoms. The van der Waals surface area contributed by atoms with Gasteiger partial charge < -0.3 is 5.32 Å². The van der Waals surface area contributed by atoms with Gasteiger partial charge in [0.15, 0.2) is 0 Å². The van der Waals surface area contributed by atoms with Crippen LogP contribution in [0.25, 0.3) is 10.6 Å². The number of benzene rings is 1. The third kappa shape index (κ3) is 3.61. The lowest BCUT2D eigenvalue weighted by Gasteiger charge is -2.28. The summed E-state index contributed by atoms with van der Waals surface area (Å²) in [7, 11) is 0. The molecule has 1 aliphatic rings. The first-order valence-electron chi connectivity index (χ1n) is 9.57. The molecular formula is C22H20N4O3S. The Morgan fingerprint density at radius 3 is 2.40 bits per heavy atom. The molecule has 0 bridgehead atoms. The van der Waals surface area contributed by atoms with E-state index >= 15 is 0 Å². The molecule has 8 heteroatoms. The van der Waals surface area contributed by atoms with Gasteiger partial charge in [-0.3, -0.25) is 24.3 Å². The molecule has 1 unspecified atom stereocenters. The van der Waals surface area contributed by atoms with Crippen molar-refractivity contribution in [2.75, 3.05) is 0 Å². The summed E-state index contributed by atoms with van der Waals surface area (Å²) in [5, 5.41) is 5.52. The van der Waals surface area contributed by atoms with Crippen LogP contribution in [-0.2, 0) is 11.3 Å². The third-order valence-electron chi connectivity index (χ3n) is 4.91. The van der Waals surface area contributed by atoms with Crippen LogP contribution < -0.4 is 5.32 Å². The minimum Gasteiger partial charge on any atom is -0.349 e. The maximum absolute atomic E-state index is 13.0. The summed E-state index contributed by atoms with van der Waals surface area (Å²) in [6.45, 7) is 3.84. The van der Waals surface area contributed by atoms with E-state index in [1.165, 1.54) is 11.3 Å². The van der Waals surface area contributed by atoms with Crippen LogP contribution in [0.5, 0.6) is 0 Å². The van der Waals surface area contributed by atoms with E-state index in [0.29, 0.717) is 16.8 Å². The zero-order chi connectivity index (χ0) is 21.3. The number of nitrogens with zero attached hydrogens (tertiary/aromatic N) is 3. The van der Waals surface area contributed by atoms with E-state index in [4.69, 9.17) is 0 Å².